The minimum Gasteiger partial charge on any atom is -0.479 e. The van der Waals surface area contributed by atoms with Gasteiger partial charge in [0.05, 0.1) is 5.69 Å². The summed E-state index contributed by atoms with van der Waals surface area (Å²) in [7, 11) is 0. The molecule has 3 rings (SSSR count). The van der Waals surface area contributed by atoms with Crippen LogP contribution in [0.3, 0.4) is 0 Å². The zero-order valence-electron chi connectivity index (χ0n) is 12.7. The van der Waals surface area contributed by atoms with E-state index in [1.807, 2.05) is 0 Å². The lowest BCUT2D eigenvalue weighted by molar-refractivity contribution is -0.141. The van der Waals surface area contributed by atoms with Crippen LogP contribution >= 0.6 is 0 Å². The highest BCUT2D eigenvalue weighted by atomic mass is 19.1. The Bertz CT molecular complexity index is 804. The van der Waals surface area contributed by atoms with E-state index < -0.39 is 12.1 Å². The lowest BCUT2D eigenvalue weighted by Crippen LogP contribution is -2.28. The van der Waals surface area contributed by atoms with E-state index in [4.69, 9.17) is 9.47 Å². The minimum atomic E-state index is -0.838. The predicted octanol–water partition coefficient (Wildman–Crippen LogP) is 2.17. The molecule has 0 amide bonds. The molecular formula is C16H13FN4O3. The quantitative estimate of drug-likeness (QED) is 0.527. The molecule has 1 aromatic heterocycles. The van der Waals surface area contributed by atoms with E-state index in [-0.39, 0.29) is 5.82 Å². The molecule has 0 fully saturated rings. The zero-order valence-corrected chi connectivity index (χ0v) is 12.7. The number of carbonyl (C=O) groups is 1. The Morgan fingerprint density at radius 2 is 1.75 bits per heavy atom. The van der Waals surface area contributed by atoms with Crippen molar-refractivity contribution in [3.63, 3.8) is 0 Å². The lowest BCUT2D eigenvalue weighted by atomic mass is 10.3. The molecule has 8 heteroatoms. The molecule has 1 heterocycles. The first-order valence-corrected chi connectivity index (χ1v) is 7.09. The summed E-state index contributed by atoms with van der Waals surface area (Å²) in [5.41, 5.74) is 0.732. The topological polar surface area (TPSA) is 79.1 Å². The van der Waals surface area contributed by atoms with Gasteiger partial charge in [-0.3, -0.25) is 0 Å². The van der Waals surface area contributed by atoms with Crippen molar-refractivity contribution in [2.24, 2.45) is 0 Å². The molecule has 0 aliphatic heterocycles. The molecule has 0 spiro atoms. The standard InChI is InChI=1S/C16H13FN4O3/c1-11(23-14-6-2-12(17)3-7-14)16(22)24-15-8-4-13(5-9-15)21-10-18-19-20-21/h2-11H,1H3. The Hall–Kier alpha value is -3.29. The van der Waals surface area contributed by atoms with E-state index in [2.05, 4.69) is 15.5 Å². The van der Waals surface area contributed by atoms with Gasteiger partial charge in [-0.2, -0.15) is 0 Å². The summed E-state index contributed by atoms with van der Waals surface area (Å²) in [6, 6.07) is 12.1. The molecule has 24 heavy (non-hydrogen) atoms. The number of nitrogens with zero attached hydrogens (tertiary/aromatic N) is 4. The van der Waals surface area contributed by atoms with Gasteiger partial charge in [-0.25, -0.2) is 13.9 Å². The van der Waals surface area contributed by atoms with Crippen LogP contribution in [0.15, 0.2) is 54.9 Å². The third-order valence-corrected chi connectivity index (χ3v) is 3.13. The van der Waals surface area contributed by atoms with Gasteiger partial charge in [0.15, 0.2) is 6.10 Å². The maximum absolute atomic E-state index is 12.8. The van der Waals surface area contributed by atoms with E-state index in [9.17, 15) is 9.18 Å². The summed E-state index contributed by atoms with van der Waals surface area (Å²) in [6.45, 7) is 1.56. The van der Waals surface area contributed by atoms with Crippen molar-refractivity contribution in [2.75, 3.05) is 0 Å². The van der Waals surface area contributed by atoms with Crippen LogP contribution in [0.2, 0.25) is 0 Å². The molecule has 0 aliphatic carbocycles. The number of hydrogen-bond donors (Lipinski definition) is 0. The first-order chi connectivity index (χ1) is 11.6. The fourth-order valence-corrected chi connectivity index (χ4v) is 1.91. The molecule has 1 atom stereocenters. The largest absolute Gasteiger partial charge is 0.479 e. The van der Waals surface area contributed by atoms with Gasteiger partial charge in [0.25, 0.3) is 0 Å². The van der Waals surface area contributed by atoms with Gasteiger partial charge < -0.3 is 9.47 Å². The average molecular weight is 328 g/mol. The van der Waals surface area contributed by atoms with E-state index >= 15 is 0 Å². The number of aromatic nitrogens is 4. The SMILES string of the molecule is CC(Oc1ccc(F)cc1)C(=O)Oc1ccc(-n2cnnn2)cc1. The van der Waals surface area contributed by atoms with Crippen LogP contribution in [-0.4, -0.2) is 32.3 Å². The zero-order chi connectivity index (χ0) is 16.9. The highest BCUT2D eigenvalue weighted by molar-refractivity contribution is 5.77. The number of carbonyl (C=O) groups excluding carboxylic acids is 1. The van der Waals surface area contributed by atoms with Crippen molar-refractivity contribution in [3.8, 4) is 17.2 Å². The number of ether oxygens (including phenoxy) is 2. The second kappa shape index (κ2) is 6.86. The predicted molar refractivity (Wildman–Crippen MR) is 81.3 cm³/mol. The third kappa shape index (κ3) is 3.72. The van der Waals surface area contributed by atoms with E-state index in [0.717, 1.165) is 5.69 Å². The summed E-state index contributed by atoms with van der Waals surface area (Å²) in [4.78, 5) is 12.0. The van der Waals surface area contributed by atoms with E-state index in [1.165, 1.54) is 35.3 Å². The van der Waals surface area contributed by atoms with Crippen molar-refractivity contribution in [2.45, 2.75) is 13.0 Å². The Morgan fingerprint density at radius 3 is 2.38 bits per heavy atom. The van der Waals surface area contributed by atoms with Crippen LogP contribution in [0.1, 0.15) is 6.92 Å². The van der Waals surface area contributed by atoms with Crippen molar-refractivity contribution < 1.29 is 18.7 Å². The second-order valence-electron chi connectivity index (χ2n) is 4.88. The molecule has 0 bridgehead atoms. The third-order valence-electron chi connectivity index (χ3n) is 3.13. The molecule has 0 aliphatic rings. The summed E-state index contributed by atoms with van der Waals surface area (Å²) < 4.78 is 25.0. The molecule has 2 aromatic carbocycles. The fourth-order valence-electron chi connectivity index (χ4n) is 1.91. The molecular weight excluding hydrogens is 315 g/mol. The van der Waals surface area contributed by atoms with Crippen LogP contribution in [0, 0.1) is 5.82 Å². The Labute approximate surface area is 136 Å². The summed E-state index contributed by atoms with van der Waals surface area (Å²) in [5.74, 6) is -0.184. The summed E-state index contributed by atoms with van der Waals surface area (Å²) in [5, 5.41) is 10.8. The van der Waals surface area contributed by atoms with Crippen molar-refractivity contribution >= 4 is 5.97 Å². The van der Waals surface area contributed by atoms with Crippen molar-refractivity contribution in [3.05, 3.63) is 60.7 Å². The Morgan fingerprint density at radius 1 is 1.08 bits per heavy atom. The fraction of sp³-hybridized carbons (Fsp3) is 0.125. The number of halogens is 1. The first-order valence-electron chi connectivity index (χ1n) is 7.09. The summed E-state index contributed by atoms with van der Waals surface area (Å²) >= 11 is 0. The molecule has 1 unspecified atom stereocenters. The van der Waals surface area contributed by atoms with Crippen molar-refractivity contribution in [1.29, 1.82) is 0 Å². The molecule has 0 radical (unpaired) electrons. The second-order valence-corrected chi connectivity index (χ2v) is 4.88. The average Bonchev–Trinajstić information content (AvgIpc) is 3.12. The minimum absolute atomic E-state index is 0.367. The molecule has 0 saturated carbocycles. The van der Waals surface area contributed by atoms with Gasteiger partial charge >= 0.3 is 5.97 Å². The van der Waals surface area contributed by atoms with Gasteiger partial charge in [-0.05, 0) is 65.9 Å². The number of tetrazole rings is 1. The molecule has 122 valence electrons. The molecule has 0 saturated heterocycles. The van der Waals surface area contributed by atoms with Crippen LogP contribution < -0.4 is 9.47 Å². The Balaban J connectivity index is 1.60. The number of hydrogen-bond acceptors (Lipinski definition) is 6. The van der Waals surface area contributed by atoms with Gasteiger partial charge in [-0.1, -0.05) is 0 Å². The first kappa shape index (κ1) is 15.6. The maximum atomic E-state index is 12.8. The van der Waals surface area contributed by atoms with Crippen LogP contribution in [-0.2, 0) is 4.79 Å². The highest BCUT2D eigenvalue weighted by Crippen LogP contribution is 2.17. The van der Waals surface area contributed by atoms with Crippen LogP contribution in [0.4, 0.5) is 4.39 Å². The van der Waals surface area contributed by atoms with E-state index in [0.29, 0.717) is 11.5 Å². The van der Waals surface area contributed by atoms with E-state index in [1.54, 1.807) is 31.2 Å². The monoisotopic (exact) mass is 328 g/mol. The van der Waals surface area contributed by atoms with Gasteiger partial charge in [-0.15, -0.1) is 5.10 Å². The van der Waals surface area contributed by atoms with Gasteiger partial charge in [0, 0.05) is 0 Å². The van der Waals surface area contributed by atoms with Gasteiger partial charge in [0.1, 0.15) is 23.6 Å². The molecule has 0 N–H and O–H groups in total. The Kier molecular flexibility index (Phi) is 4.46. The van der Waals surface area contributed by atoms with Gasteiger partial charge in [0.2, 0.25) is 0 Å². The smallest absolute Gasteiger partial charge is 0.352 e. The summed E-state index contributed by atoms with van der Waals surface area (Å²) in [6.07, 6.45) is 0.620. The van der Waals surface area contributed by atoms with Crippen LogP contribution in [0.5, 0.6) is 11.5 Å². The maximum Gasteiger partial charge on any atom is 0.352 e. The number of benzene rings is 2. The number of esters is 1. The highest BCUT2D eigenvalue weighted by Gasteiger charge is 2.17. The van der Waals surface area contributed by atoms with Crippen molar-refractivity contribution in [1.82, 2.24) is 20.2 Å². The normalized spacial score (nSPS) is 11.8. The lowest BCUT2D eigenvalue weighted by Gasteiger charge is -2.14. The number of rotatable bonds is 5. The molecule has 7 nitrogen and oxygen atoms in total. The van der Waals surface area contributed by atoms with Crippen LogP contribution in [0.25, 0.3) is 5.69 Å². The molecule has 3 aromatic rings.